The van der Waals surface area contributed by atoms with E-state index in [2.05, 4.69) is 9.47 Å². The van der Waals surface area contributed by atoms with Gasteiger partial charge in [0.05, 0.1) is 6.61 Å². The first-order chi connectivity index (χ1) is 7.74. The first-order valence-corrected chi connectivity index (χ1v) is 4.87. The molecule has 0 aliphatic heterocycles. The van der Waals surface area contributed by atoms with Gasteiger partial charge in [-0.25, -0.2) is 4.79 Å². The fourth-order valence-electron chi connectivity index (χ4n) is 0.995. The fraction of sp³-hybridized carbons (Fsp3) is 0.273. The topological polar surface area (TPSA) is 57.5 Å². The molecule has 1 heterocycles. The maximum absolute atomic E-state index is 11.2. The highest BCUT2D eigenvalue weighted by Gasteiger charge is 1.98. The van der Waals surface area contributed by atoms with E-state index in [1.807, 2.05) is 0 Å². The monoisotopic (exact) mass is 223 g/mol. The van der Waals surface area contributed by atoms with E-state index in [1.165, 1.54) is 16.8 Å². The number of hydrogen-bond acceptors (Lipinski definition) is 4. The first-order valence-electron chi connectivity index (χ1n) is 4.87. The standard InChI is InChI=1S/C11H13NO4/c1-2-15-11(14)16-9-5-8-12-7-4-3-6-10(12)13/h3-8H,2,9H2,1H3. The second-order valence-electron chi connectivity index (χ2n) is 2.82. The van der Waals surface area contributed by atoms with Crippen LogP contribution in [-0.4, -0.2) is 23.9 Å². The van der Waals surface area contributed by atoms with Crippen LogP contribution in [0.2, 0.25) is 0 Å². The zero-order chi connectivity index (χ0) is 11.8. The maximum atomic E-state index is 11.2. The van der Waals surface area contributed by atoms with Crippen molar-refractivity contribution in [2.24, 2.45) is 0 Å². The summed E-state index contributed by atoms with van der Waals surface area (Å²) in [6, 6.07) is 4.83. The predicted octanol–water partition coefficient (Wildman–Crippen LogP) is 1.49. The van der Waals surface area contributed by atoms with Crippen molar-refractivity contribution in [2.75, 3.05) is 13.2 Å². The van der Waals surface area contributed by atoms with E-state index in [9.17, 15) is 9.59 Å². The van der Waals surface area contributed by atoms with Crippen LogP contribution in [0.5, 0.6) is 0 Å². The molecule has 0 radical (unpaired) electrons. The summed E-state index contributed by atoms with van der Waals surface area (Å²) in [7, 11) is 0. The summed E-state index contributed by atoms with van der Waals surface area (Å²) in [6.45, 7) is 2.04. The van der Waals surface area contributed by atoms with Crippen molar-refractivity contribution in [1.82, 2.24) is 4.57 Å². The van der Waals surface area contributed by atoms with Crippen LogP contribution in [0.15, 0.2) is 35.3 Å². The largest absolute Gasteiger partial charge is 0.508 e. The molecule has 86 valence electrons. The summed E-state index contributed by atoms with van der Waals surface area (Å²) < 4.78 is 10.6. The zero-order valence-electron chi connectivity index (χ0n) is 8.96. The van der Waals surface area contributed by atoms with E-state index in [-0.39, 0.29) is 18.8 Å². The highest BCUT2D eigenvalue weighted by Crippen LogP contribution is 1.88. The summed E-state index contributed by atoms with van der Waals surface area (Å²) in [6.07, 6.45) is 3.98. The highest BCUT2D eigenvalue weighted by atomic mass is 16.7. The molecule has 0 aliphatic rings. The number of pyridine rings is 1. The average Bonchev–Trinajstić information content (AvgIpc) is 2.27. The molecule has 0 N–H and O–H groups in total. The van der Waals surface area contributed by atoms with Gasteiger partial charge < -0.3 is 9.47 Å². The summed E-state index contributed by atoms with van der Waals surface area (Å²) in [5, 5.41) is 0. The third kappa shape index (κ3) is 4.00. The number of carbonyl (C=O) groups excluding carboxylic acids is 1. The Morgan fingerprint density at radius 2 is 2.25 bits per heavy atom. The number of hydrogen-bond donors (Lipinski definition) is 0. The number of nitrogens with zero attached hydrogens (tertiary/aromatic N) is 1. The summed E-state index contributed by atoms with van der Waals surface area (Å²) in [5.74, 6) is 0. The van der Waals surface area contributed by atoms with E-state index in [1.54, 1.807) is 31.3 Å². The Bertz CT molecular complexity index is 422. The molecule has 0 fully saturated rings. The highest BCUT2D eigenvalue weighted by molar-refractivity contribution is 5.59. The van der Waals surface area contributed by atoms with Crippen LogP contribution in [0.1, 0.15) is 6.92 Å². The average molecular weight is 223 g/mol. The Balaban J connectivity index is 2.41. The van der Waals surface area contributed by atoms with E-state index < -0.39 is 6.16 Å². The molecule has 0 amide bonds. The molecule has 5 heteroatoms. The van der Waals surface area contributed by atoms with Gasteiger partial charge in [-0.15, -0.1) is 0 Å². The molecule has 5 nitrogen and oxygen atoms in total. The molecule has 0 unspecified atom stereocenters. The summed E-state index contributed by atoms with van der Waals surface area (Å²) >= 11 is 0. The molecule has 0 bridgehead atoms. The molecule has 16 heavy (non-hydrogen) atoms. The van der Waals surface area contributed by atoms with Gasteiger partial charge in [0.2, 0.25) is 0 Å². The summed E-state index contributed by atoms with van der Waals surface area (Å²) in [5.41, 5.74) is -0.144. The lowest BCUT2D eigenvalue weighted by molar-refractivity contribution is 0.0674. The molecule has 0 atom stereocenters. The smallest absolute Gasteiger partial charge is 0.435 e. The fourth-order valence-corrected chi connectivity index (χ4v) is 0.995. The quantitative estimate of drug-likeness (QED) is 0.726. The van der Waals surface area contributed by atoms with Crippen molar-refractivity contribution in [3.63, 3.8) is 0 Å². The van der Waals surface area contributed by atoms with Gasteiger partial charge >= 0.3 is 6.16 Å². The van der Waals surface area contributed by atoms with Crippen molar-refractivity contribution in [3.8, 4) is 0 Å². The number of aromatic nitrogens is 1. The SMILES string of the molecule is CCOC(=O)OCC=Cn1ccccc1=O. The lowest BCUT2D eigenvalue weighted by Gasteiger charge is -2.00. The Labute approximate surface area is 92.9 Å². The van der Waals surface area contributed by atoms with Crippen molar-refractivity contribution in [2.45, 2.75) is 6.92 Å². The minimum atomic E-state index is -0.715. The lowest BCUT2D eigenvalue weighted by atomic mass is 10.5. The molecular weight excluding hydrogens is 210 g/mol. The number of rotatable bonds is 4. The van der Waals surface area contributed by atoms with E-state index in [0.717, 1.165) is 0 Å². The Morgan fingerprint density at radius 1 is 1.44 bits per heavy atom. The molecule has 1 aromatic heterocycles. The molecular formula is C11H13NO4. The van der Waals surface area contributed by atoms with Gasteiger partial charge in [-0.3, -0.25) is 9.36 Å². The zero-order valence-corrected chi connectivity index (χ0v) is 8.96. The van der Waals surface area contributed by atoms with Crippen molar-refractivity contribution in [3.05, 3.63) is 40.8 Å². The minimum absolute atomic E-state index is 0.0696. The molecule has 0 aromatic carbocycles. The minimum Gasteiger partial charge on any atom is -0.435 e. The second kappa shape index (κ2) is 6.44. The van der Waals surface area contributed by atoms with Crippen molar-refractivity contribution in [1.29, 1.82) is 0 Å². The van der Waals surface area contributed by atoms with E-state index in [4.69, 9.17) is 0 Å². The van der Waals surface area contributed by atoms with Gasteiger partial charge in [0, 0.05) is 18.5 Å². The molecule has 1 aromatic rings. The molecule has 0 saturated carbocycles. The van der Waals surface area contributed by atoms with Gasteiger partial charge in [-0.05, 0) is 19.1 Å². The van der Waals surface area contributed by atoms with Crippen molar-refractivity contribution >= 4 is 12.4 Å². The van der Waals surface area contributed by atoms with Gasteiger partial charge in [0.1, 0.15) is 6.61 Å². The van der Waals surface area contributed by atoms with Crippen LogP contribution in [0.4, 0.5) is 4.79 Å². The lowest BCUT2D eigenvalue weighted by Crippen LogP contribution is -2.12. The predicted molar refractivity (Wildman–Crippen MR) is 59.0 cm³/mol. The van der Waals surface area contributed by atoms with E-state index in [0.29, 0.717) is 0 Å². The van der Waals surface area contributed by atoms with Gasteiger partial charge in [0.15, 0.2) is 0 Å². The molecule has 0 saturated heterocycles. The van der Waals surface area contributed by atoms with Crippen LogP contribution in [-0.2, 0) is 9.47 Å². The normalized spacial score (nSPS) is 10.3. The third-order valence-corrected chi connectivity index (χ3v) is 1.68. The van der Waals surface area contributed by atoms with Crippen LogP contribution in [0.25, 0.3) is 6.20 Å². The van der Waals surface area contributed by atoms with E-state index >= 15 is 0 Å². The maximum Gasteiger partial charge on any atom is 0.508 e. The Kier molecular flexibility index (Phi) is 4.85. The van der Waals surface area contributed by atoms with Crippen LogP contribution >= 0.6 is 0 Å². The number of ether oxygens (including phenoxy) is 2. The number of carbonyl (C=O) groups is 1. The van der Waals surface area contributed by atoms with Gasteiger partial charge in [-0.2, -0.15) is 0 Å². The first kappa shape index (κ1) is 12.0. The Morgan fingerprint density at radius 3 is 2.94 bits per heavy atom. The third-order valence-electron chi connectivity index (χ3n) is 1.68. The van der Waals surface area contributed by atoms with Gasteiger partial charge in [-0.1, -0.05) is 6.07 Å². The summed E-state index contributed by atoms with van der Waals surface area (Å²) in [4.78, 5) is 22.0. The molecule has 0 aliphatic carbocycles. The van der Waals surface area contributed by atoms with Crippen LogP contribution in [0, 0.1) is 0 Å². The van der Waals surface area contributed by atoms with Crippen LogP contribution < -0.4 is 5.56 Å². The van der Waals surface area contributed by atoms with Gasteiger partial charge in [0.25, 0.3) is 5.56 Å². The second-order valence-corrected chi connectivity index (χ2v) is 2.82. The van der Waals surface area contributed by atoms with Crippen molar-refractivity contribution < 1.29 is 14.3 Å². The molecule has 1 rings (SSSR count). The molecule has 0 spiro atoms. The van der Waals surface area contributed by atoms with Crippen LogP contribution in [0.3, 0.4) is 0 Å². The Hall–Kier alpha value is -2.04.